The van der Waals surface area contributed by atoms with Crippen molar-refractivity contribution in [3.05, 3.63) is 72.3 Å². The Balaban J connectivity index is 1.25. The maximum atomic E-state index is 12.9. The molecule has 0 unspecified atom stereocenters. The highest BCUT2D eigenvalue weighted by Gasteiger charge is 2.26. The van der Waals surface area contributed by atoms with E-state index in [1.807, 2.05) is 47.5 Å². The number of hydrogen-bond acceptors (Lipinski definition) is 6. The van der Waals surface area contributed by atoms with E-state index in [-0.39, 0.29) is 5.91 Å². The monoisotopic (exact) mass is 386 g/mol. The fourth-order valence-electron chi connectivity index (χ4n) is 4.01. The van der Waals surface area contributed by atoms with Crippen molar-refractivity contribution < 1.29 is 4.79 Å². The van der Waals surface area contributed by atoms with Crippen LogP contribution in [0.15, 0.2) is 61.1 Å². The van der Waals surface area contributed by atoms with Crippen molar-refractivity contribution in [3.63, 3.8) is 0 Å². The van der Waals surface area contributed by atoms with Crippen LogP contribution in [0.1, 0.15) is 16.1 Å². The first-order valence-corrected chi connectivity index (χ1v) is 9.92. The minimum Gasteiger partial charge on any atom is -0.367 e. The van der Waals surface area contributed by atoms with Crippen LogP contribution in [0, 0.1) is 0 Å². The number of fused-ring (bicyclic) bond motifs is 1. The number of carbonyl (C=O) groups excluding carboxylic acids is 1. The normalized spacial score (nSPS) is 16.1. The van der Waals surface area contributed by atoms with E-state index in [9.17, 15) is 4.79 Å². The van der Waals surface area contributed by atoms with E-state index in [1.165, 1.54) is 5.56 Å². The lowest BCUT2D eigenvalue weighted by Gasteiger charge is -2.35. The maximum Gasteiger partial charge on any atom is 0.276 e. The fourth-order valence-corrected chi connectivity index (χ4v) is 4.01. The van der Waals surface area contributed by atoms with Gasteiger partial charge in [0, 0.05) is 50.8 Å². The lowest BCUT2D eigenvalue weighted by atomic mass is 10.2. The molecule has 0 saturated carbocycles. The van der Waals surface area contributed by atoms with Gasteiger partial charge in [-0.05, 0) is 36.2 Å². The number of piperazine rings is 1. The zero-order chi connectivity index (χ0) is 19.6. The molecule has 4 heterocycles. The van der Waals surface area contributed by atoms with Gasteiger partial charge in [-0.1, -0.05) is 18.2 Å². The molecule has 2 aliphatic rings. The molecule has 2 aromatic heterocycles. The summed E-state index contributed by atoms with van der Waals surface area (Å²) in [6, 6.07) is 13.7. The van der Waals surface area contributed by atoms with Gasteiger partial charge in [0.25, 0.3) is 5.91 Å². The van der Waals surface area contributed by atoms with E-state index >= 15 is 0 Å². The Morgan fingerprint density at radius 1 is 0.793 bits per heavy atom. The Labute approximate surface area is 169 Å². The molecular weight excluding hydrogens is 364 g/mol. The number of benzene rings is 1. The van der Waals surface area contributed by atoms with Crippen LogP contribution in [0.25, 0.3) is 0 Å². The van der Waals surface area contributed by atoms with E-state index in [0.29, 0.717) is 12.2 Å². The van der Waals surface area contributed by atoms with Crippen molar-refractivity contribution in [3.8, 4) is 0 Å². The smallest absolute Gasteiger partial charge is 0.276 e. The summed E-state index contributed by atoms with van der Waals surface area (Å²) in [7, 11) is 0. The summed E-state index contributed by atoms with van der Waals surface area (Å²) in [5.74, 6) is 0.740. The summed E-state index contributed by atoms with van der Waals surface area (Å²) in [5, 5.41) is 0. The molecule has 146 valence electrons. The van der Waals surface area contributed by atoms with Gasteiger partial charge in [0.05, 0.1) is 11.9 Å². The number of carbonyl (C=O) groups is 1. The van der Waals surface area contributed by atoms with Crippen LogP contribution >= 0.6 is 0 Å². The summed E-state index contributed by atoms with van der Waals surface area (Å²) in [4.78, 5) is 32.4. The Morgan fingerprint density at radius 2 is 1.55 bits per heavy atom. The molecule has 1 aromatic carbocycles. The second-order valence-electron chi connectivity index (χ2n) is 7.26. The van der Waals surface area contributed by atoms with Crippen molar-refractivity contribution in [1.29, 1.82) is 0 Å². The number of rotatable bonds is 3. The van der Waals surface area contributed by atoms with E-state index in [1.54, 1.807) is 12.4 Å². The van der Waals surface area contributed by atoms with Crippen LogP contribution in [-0.2, 0) is 6.42 Å². The highest BCUT2D eigenvalue weighted by molar-refractivity contribution is 6.06. The quantitative estimate of drug-likeness (QED) is 0.689. The molecule has 2 aliphatic heterocycles. The zero-order valence-electron chi connectivity index (χ0n) is 16.1. The zero-order valence-corrected chi connectivity index (χ0v) is 16.1. The summed E-state index contributed by atoms with van der Waals surface area (Å²) < 4.78 is 0. The van der Waals surface area contributed by atoms with Crippen molar-refractivity contribution in [2.75, 3.05) is 47.4 Å². The van der Waals surface area contributed by atoms with Gasteiger partial charge >= 0.3 is 0 Å². The van der Waals surface area contributed by atoms with E-state index in [0.717, 1.165) is 49.9 Å². The predicted octanol–water partition coefficient (Wildman–Crippen LogP) is 2.40. The molecule has 29 heavy (non-hydrogen) atoms. The maximum absolute atomic E-state index is 12.9. The number of hydrogen-bond donors (Lipinski definition) is 0. The Bertz CT molecular complexity index is 999. The molecule has 0 N–H and O–H groups in total. The van der Waals surface area contributed by atoms with Crippen LogP contribution in [0.4, 0.5) is 17.3 Å². The van der Waals surface area contributed by atoms with Gasteiger partial charge in [0.15, 0.2) is 0 Å². The van der Waals surface area contributed by atoms with E-state index in [4.69, 9.17) is 0 Å². The molecule has 7 heteroatoms. The molecule has 1 amide bonds. The number of para-hydroxylation sites is 1. The fraction of sp³-hybridized carbons (Fsp3) is 0.273. The van der Waals surface area contributed by atoms with Crippen LogP contribution in [0.2, 0.25) is 0 Å². The highest BCUT2D eigenvalue weighted by atomic mass is 16.2. The molecule has 1 saturated heterocycles. The van der Waals surface area contributed by atoms with E-state index < -0.39 is 0 Å². The summed E-state index contributed by atoms with van der Waals surface area (Å²) in [5.41, 5.74) is 3.75. The number of amides is 1. The van der Waals surface area contributed by atoms with Gasteiger partial charge in [-0.25, -0.2) is 15.0 Å². The van der Waals surface area contributed by atoms with Crippen molar-refractivity contribution in [2.45, 2.75) is 6.42 Å². The average molecular weight is 386 g/mol. The van der Waals surface area contributed by atoms with Crippen LogP contribution < -0.4 is 14.7 Å². The SMILES string of the molecule is O=C(c1ccc(N2CCN(c3ncccn3)CC2)cn1)N1CCc2ccccc21. The van der Waals surface area contributed by atoms with Gasteiger partial charge in [-0.3, -0.25) is 4.79 Å². The number of anilines is 3. The molecule has 0 bridgehead atoms. The molecule has 5 rings (SSSR count). The topological polar surface area (TPSA) is 65.5 Å². The summed E-state index contributed by atoms with van der Waals surface area (Å²) in [6.07, 6.45) is 6.25. The number of aromatic nitrogens is 3. The average Bonchev–Trinajstić information content (AvgIpc) is 3.24. The predicted molar refractivity (Wildman–Crippen MR) is 113 cm³/mol. The van der Waals surface area contributed by atoms with Crippen LogP contribution in [-0.4, -0.2) is 53.6 Å². The van der Waals surface area contributed by atoms with Crippen LogP contribution in [0.3, 0.4) is 0 Å². The largest absolute Gasteiger partial charge is 0.367 e. The first kappa shape index (κ1) is 17.6. The van der Waals surface area contributed by atoms with Gasteiger partial charge in [-0.2, -0.15) is 0 Å². The third-order valence-electron chi connectivity index (χ3n) is 5.58. The number of pyridine rings is 1. The van der Waals surface area contributed by atoms with Crippen LogP contribution in [0.5, 0.6) is 0 Å². The highest BCUT2D eigenvalue weighted by Crippen LogP contribution is 2.28. The summed E-state index contributed by atoms with van der Waals surface area (Å²) in [6.45, 7) is 4.16. The lowest BCUT2D eigenvalue weighted by Crippen LogP contribution is -2.47. The van der Waals surface area contributed by atoms with E-state index in [2.05, 4.69) is 30.8 Å². The van der Waals surface area contributed by atoms with Gasteiger partial charge < -0.3 is 14.7 Å². The molecule has 0 aliphatic carbocycles. The molecule has 1 fully saturated rings. The Hall–Kier alpha value is -3.48. The van der Waals surface area contributed by atoms with Gasteiger partial charge in [0.1, 0.15) is 5.69 Å². The Kier molecular flexibility index (Phi) is 4.56. The molecule has 3 aromatic rings. The molecule has 0 spiro atoms. The minimum absolute atomic E-state index is 0.0347. The molecule has 7 nitrogen and oxygen atoms in total. The molecular formula is C22H22N6O. The first-order valence-electron chi connectivity index (χ1n) is 9.92. The lowest BCUT2D eigenvalue weighted by molar-refractivity contribution is 0.0984. The second-order valence-corrected chi connectivity index (χ2v) is 7.26. The Morgan fingerprint density at radius 3 is 2.31 bits per heavy atom. The van der Waals surface area contributed by atoms with Gasteiger partial charge in [0.2, 0.25) is 5.95 Å². The third kappa shape index (κ3) is 3.40. The summed E-state index contributed by atoms with van der Waals surface area (Å²) >= 11 is 0. The van der Waals surface area contributed by atoms with Crippen molar-refractivity contribution >= 4 is 23.2 Å². The molecule has 0 atom stereocenters. The molecule has 0 radical (unpaired) electrons. The van der Waals surface area contributed by atoms with Crippen molar-refractivity contribution in [1.82, 2.24) is 15.0 Å². The van der Waals surface area contributed by atoms with Gasteiger partial charge in [-0.15, -0.1) is 0 Å². The first-order chi connectivity index (χ1) is 14.3. The van der Waals surface area contributed by atoms with Crippen molar-refractivity contribution in [2.24, 2.45) is 0 Å². The third-order valence-corrected chi connectivity index (χ3v) is 5.58. The minimum atomic E-state index is -0.0347. The second kappa shape index (κ2) is 7.50. The number of nitrogens with zero attached hydrogens (tertiary/aromatic N) is 6. The standard InChI is InChI=1S/C22H22N6O/c29-21(28-11-8-17-4-1-2-5-20(17)28)19-7-6-18(16-25-19)26-12-14-27(15-13-26)22-23-9-3-10-24-22/h1-7,9-10,16H,8,11-15H2.